The number of alkyl halides is 6. The Labute approximate surface area is 240 Å². The Hall–Kier alpha value is -4.53. The number of oxazole rings is 1. The second kappa shape index (κ2) is 10.6. The summed E-state index contributed by atoms with van der Waals surface area (Å²) in [7, 11) is -4.28. The Balaban J connectivity index is 1.35. The molecule has 226 valence electrons. The molecule has 8 nitrogen and oxygen atoms in total. The minimum atomic E-state index is -5.05. The van der Waals surface area contributed by atoms with Crippen LogP contribution in [0, 0.1) is 6.92 Å². The van der Waals surface area contributed by atoms with Crippen LogP contribution >= 0.6 is 0 Å². The largest absolute Gasteiger partial charge is 0.487 e. The number of fused-ring (bicyclic) bond motifs is 1. The fraction of sp³-hybridized carbons (Fsp3) is 0.214. The second-order valence-corrected chi connectivity index (χ2v) is 11.4. The Morgan fingerprint density at radius 1 is 1.00 bits per heavy atom. The molecule has 5 rings (SSSR count). The van der Waals surface area contributed by atoms with Gasteiger partial charge in [-0.1, -0.05) is 18.2 Å². The molecule has 3 aromatic carbocycles. The number of sulfonamides is 1. The number of aliphatic carboxylic acids is 1. The third-order valence-electron chi connectivity index (χ3n) is 6.69. The summed E-state index contributed by atoms with van der Waals surface area (Å²) in [4.78, 5) is 15.6. The predicted molar refractivity (Wildman–Crippen MR) is 139 cm³/mol. The van der Waals surface area contributed by atoms with Crippen LogP contribution in [0.1, 0.15) is 28.1 Å². The quantitative estimate of drug-likeness (QED) is 0.234. The fourth-order valence-electron chi connectivity index (χ4n) is 4.58. The highest BCUT2D eigenvalue weighted by atomic mass is 32.2. The number of carboxylic acid groups (broad SMARTS) is 1. The molecule has 15 heteroatoms. The lowest BCUT2D eigenvalue weighted by Crippen LogP contribution is -2.42. The van der Waals surface area contributed by atoms with Crippen molar-refractivity contribution in [3.63, 3.8) is 0 Å². The molecule has 2 heterocycles. The standard InChI is InChI=1S/C28H20F6N2O6S/c1-15-22(35-25(42-15)17-10-18(27(29,30)31)13-19(11-17)28(32,33)34)14-41-20-6-8-21(9-7-20)43(39,40)36-23-5-3-2-4-16(23)12-24(36)26(37)38/h2-11,13,24H,12,14H2,1H3,(H,37,38)/t24-/m1/s1. The van der Waals surface area contributed by atoms with Crippen molar-refractivity contribution in [3.05, 3.63) is 94.9 Å². The van der Waals surface area contributed by atoms with Gasteiger partial charge in [-0.2, -0.15) is 26.3 Å². The van der Waals surface area contributed by atoms with Gasteiger partial charge >= 0.3 is 18.3 Å². The van der Waals surface area contributed by atoms with Crippen LogP contribution < -0.4 is 9.04 Å². The van der Waals surface area contributed by atoms with Crippen molar-refractivity contribution in [2.75, 3.05) is 4.31 Å². The Bertz CT molecular complexity index is 1770. The number of benzene rings is 3. The number of hydrogen-bond acceptors (Lipinski definition) is 6. The summed E-state index contributed by atoms with van der Waals surface area (Å²) in [5.74, 6) is -1.56. The summed E-state index contributed by atoms with van der Waals surface area (Å²) < 4.78 is 118. The molecule has 1 aromatic heterocycles. The molecule has 0 radical (unpaired) electrons. The van der Waals surface area contributed by atoms with Crippen LogP contribution in [0.25, 0.3) is 11.5 Å². The van der Waals surface area contributed by atoms with Crippen LogP contribution in [0.15, 0.2) is 76.0 Å². The minimum absolute atomic E-state index is 0.00249. The highest BCUT2D eigenvalue weighted by Crippen LogP contribution is 2.39. The van der Waals surface area contributed by atoms with E-state index in [0.29, 0.717) is 17.7 Å². The van der Waals surface area contributed by atoms with Gasteiger partial charge in [-0.25, -0.2) is 18.2 Å². The first-order valence-electron chi connectivity index (χ1n) is 12.4. The monoisotopic (exact) mass is 626 g/mol. The summed E-state index contributed by atoms with van der Waals surface area (Å²) in [5.41, 5.74) is -2.66. The molecule has 0 bridgehead atoms. The third kappa shape index (κ3) is 5.89. The van der Waals surface area contributed by atoms with E-state index < -0.39 is 57.0 Å². The summed E-state index contributed by atoms with van der Waals surface area (Å²) >= 11 is 0. The Morgan fingerprint density at radius 2 is 1.60 bits per heavy atom. The zero-order chi connectivity index (χ0) is 31.3. The highest BCUT2D eigenvalue weighted by Gasteiger charge is 2.42. The van der Waals surface area contributed by atoms with Crippen LogP contribution in [-0.4, -0.2) is 30.5 Å². The van der Waals surface area contributed by atoms with E-state index in [1.807, 2.05) is 0 Å². The number of ether oxygens (including phenoxy) is 1. The van der Waals surface area contributed by atoms with E-state index >= 15 is 0 Å². The zero-order valence-electron chi connectivity index (χ0n) is 21.9. The predicted octanol–water partition coefficient (Wildman–Crippen LogP) is 6.47. The molecule has 43 heavy (non-hydrogen) atoms. The van der Waals surface area contributed by atoms with Gasteiger partial charge in [0.25, 0.3) is 10.0 Å². The van der Waals surface area contributed by atoms with Crippen LogP contribution in [0.5, 0.6) is 5.75 Å². The molecular weight excluding hydrogens is 606 g/mol. The first-order valence-corrected chi connectivity index (χ1v) is 13.8. The number of carbonyl (C=O) groups is 1. The van der Waals surface area contributed by atoms with Gasteiger partial charge in [-0.05, 0) is 61.0 Å². The van der Waals surface area contributed by atoms with E-state index in [1.54, 1.807) is 18.2 Å². The summed E-state index contributed by atoms with van der Waals surface area (Å²) in [6, 6.07) is 11.2. The number of nitrogens with zero attached hydrogens (tertiary/aromatic N) is 2. The second-order valence-electron chi connectivity index (χ2n) is 9.56. The van der Waals surface area contributed by atoms with E-state index in [4.69, 9.17) is 9.15 Å². The zero-order valence-corrected chi connectivity index (χ0v) is 22.7. The molecule has 0 aliphatic carbocycles. The van der Waals surface area contributed by atoms with Gasteiger partial charge in [-0.15, -0.1) is 0 Å². The third-order valence-corrected chi connectivity index (χ3v) is 8.53. The van der Waals surface area contributed by atoms with Crippen molar-refractivity contribution < 1.29 is 53.8 Å². The maximum atomic E-state index is 13.4. The van der Waals surface area contributed by atoms with Gasteiger partial charge < -0.3 is 14.3 Å². The average Bonchev–Trinajstić information content (AvgIpc) is 3.52. The number of aromatic nitrogens is 1. The number of hydrogen-bond donors (Lipinski definition) is 1. The molecular formula is C28H20F6N2O6S. The molecule has 0 saturated carbocycles. The molecule has 0 spiro atoms. The van der Waals surface area contributed by atoms with Crippen LogP contribution in [-0.2, 0) is 40.2 Å². The molecule has 4 aromatic rings. The molecule has 0 unspecified atom stereocenters. The van der Waals surface area contributed by atoms with E-state index in [1.165, 1.54) is 37.3 Å². The number of carboxylic acids is 1. The molecule has 0 fully saturated rings. The van der Waals surface area contributed by atoms with Crippen molar-refractivity contribution in [1.29, 1.82) is 0 Å². The van der Waals surface area contributed by atoms with Crippen molar-refractivity contribution in [3.8, 4) is 17.2 Å². The molecule has 1 aliphatic rings. The van der Waals surface area contributed by atoms with Gasteiger partial charge in [0.2, 0.25) is 5.89 Å². The van der Waals surface area contributed by atoms with Crippen LogP contribution in [0.2, 0.25) is 0 Å². The van der Waals surface area contributed by atoms with Crippen molar-refractivity contribution in [1.82, 2.24) is 4.98 Å². The van der Waals surface area contributed by atoms with Gasteiger partial charge in [-0.3, -0.25) is 4.31 Å². The first kappa shape index (κ1) is 29.9. The molecule has 1 N–H and O–H groups in total. The number of rotatable bonds is 7. The molecule has 0 amide bonds. The Kier molecular flexibility index (Phi) is 7.40. The lowest BCUT2D eigenvalue weighted by atomic mass is 10.0. The van der Waals surface area contributed by atoms with E-state index in [0.717, 1.165) is 4.31 Å². The number of anilines is 1. The van der Waals surface area contributed by atoms with E-state index in [-0.39, 0.29) is 46.9 Å². The van der Waals surface area contributed by atoms with E-state index in [9.17, 15) is 44.7 Å². The first-order chi connectivity index (χ1) is 20.1. The van der Waals surface area contributed by atoms with Gasteiger partial charge in [0, 0.05) is 12.0 Å². The van der Waals surface area contributed by atoms with Gasteiger partial charge in [0.1, 0.15) is 29.9 Å². The lowest BCUT2D eigenvalue weighted by Gasteiger charge is -2.24. The van der Waals surface area contributed by atoms with Gasteiger partial charge in [0.05, 0.1) is 21.7 Å². The lowest BCUT2D eigenvalue weighted by molar-refractivity contribution is -0.143. The Morgan fingerprint density at radius 3 is 2.19 bits per heavy atom. The van der Waals surface area contributed by atoms with Crippen molar-refractivity contribution in [2.45, 2.75) is 43.2 Å². The van der Waals surface area contributed by atoms with Crippen molar-refractivity contribution >= 4 is 21.7 Å². The molecule has 1 atom stereocenters. The normalized spacial score (nSPS) is 15.4. The number of halogens is 6. The van der Waals surface area contributed by atoms with Crippen LogP contribution in [0.4, 0.5) is 32.0 Å². The van der Waals surface area contributed by atoms with E-state index in [2.05, 4.69) is 4.98 Å². The maximum absolute atomic E-state index is 13.4. The molecule has 0 saturated heterocycles. The number of para-hydroxylation sites is 1. The van der Waals surface area contributed by atoms with Crippen LogP contribution in [0.3, 0.4) is 0 Å². The number of aryl methyl sites for hydroxylation is 1. The SMILES string of the molecule is Cc1oc(-c2cc(C(F)(F)F)cc(C(F)(F)F)c2)nc1COc1ccc(S(=O)(=O)N2c3ccccc3C[C@@H]2C(=O)O)cc1. The molecule has 1 aliphatic heterocycles. The van der Waals surface area contributed by atoms with Crippen molar-refractivity contribution in [2.24, 2.45) is 0 Å². The fourth-order valence-corrected chi connectivity index (χ4v) is 6.22. The van der Waals surface area contributed by atoms with Gasteiger partial charge in [0.15, 0.2) is 0 Å². The summed E-state index contributed by atoms with van der Waals surface area (Å²) in [5, 5.41) is 9.64. The summed E-state index contributed by atoms with van der Waals surface area (Å²) in [6.45, 7) is 1.09. The highest BCUT2D eigenvalue weighted by molar-refractivity contribution is 7.93. The smallest absolute Gasteiger partial charge is 0.416 e. The average molecular weight is 627 g/mol. The maximum Gasteiger partial charge on any atom is 0.416 e. The minimum Gasteiger partial charge on any atom is -0.487 e. The summed E-state index contributed by atoms with van der Waals surface area (Å²) in [6.07, 6.45) is -10.1. The topological polar surface area (TPSA) is 110 Å².